The number of thioether (sulfide) groups is 1. The molecule has 10 heteroatoms. The monoisotopic (exact) mass is 472 g/mol. The molecule has 0 atom stereocenters. The molecule has 0 saturated carbocycles. The average Bonchev–Trinajstić information content (AvgIpc) is 2.80. The molecule has 0 unspecified atom stereocenters. The van der Waals surface area contributed by atoms with Gasteiger partial charge in [0, 0.05) is 24.2 Å². The van der Waals surface area contributed by atoms with Gasteiger partial charge in [0.05, 0.1) is 19.7 Å². The predicted octanol–water partition coefficient (Wildman–Crippen LogP) is 2.62. The van der Waals surface area contributed by atoms with E-state index < -0.39 is 11.2 Å². The van der Waals surface area contributed by atoms with Gasteiger partial charge in [0.15, 0.2) is 5.69 Å². The van der Waals surface area contributed by atoms with Gasteiger partial charge >= 0.3 is 5.69 Å². The van der Waals surface area contributed by atoms with Crippen LogP contribution in [0.3, 0.4) is 0 Å². The van der Waals surface area contributed by atoms with Crippen LogP contribution in [0.4, 0.5) is 15.9 Å². The summed E-state index contributed by atoms with van der Waals surface area (Å²) in [5.74, 6) is -0.558. The third-order valence-electron chi connectivity index (χ3n) is 4.90. The highest BCUT2D eigenvalue weighted by atomic mass is 32.2. The lowest BCUT2D eigenvalue weighted by molar-refractivity contribution is -0.118. The summed E-state index contributed by atoms with van der Waals surface area (Å²) in [4.78, 5) is 42.2. The Morgan fingerprint density at radius 2 is 1.85 bits per heavy atom. The zero-order valence-electron chi connectivity index (χ0n) is 18.1. The highest BCUT2D eigenvalue weighted by Gasteiger charge is 2.24. The van der Waals surface area contributed by atoms with Crippen LogP contribution in [0, 0.1) is 5.82 Å². The van der Waals surface area contributed by atoms with E-state index in [9.17, 15) is 18.8 Å². The summed E-state index contributed by atoms with van der Waals surface area (Å²) in [6.07, 6.45) is 0.0297. The number of carbonyl (C=O) groups is 1. The van der Waals surface area contributed by atoms with Crippen molar-refractivity contribution < 1.29 is 13.9 Å². The number of hydrogen-bond donors (Lipinski definition) is 2. The molecular formula is C23H25FN4O4S. The number of amides is 1. The Morgan fingerprint density at radius 1 is 1.15 bits per heavy atom. The lowest BCUT2D eigenvalue weighted by Gasteiger charge is -2.25. The lowest BCUT2D eigenvalue weighted by Crippen LogP contribution is -2.41. The van der Waals surface area contributed by atoms with Crippen LogP contribution in [0.2, 0.25) is 0 Å². The molecule has 3 N–H and O–H groups in total. The SMILES string of the molecule is COCCn1c(N)c(N(Cc2ccccc2)C(=O)CCSc2ccccc2F)c(=O)[nH]c1=O. The van der Waals surface area contributed by atoms with Crippen molar-refractivity contribution in [1.82, 2.24) is 9.55 Å². The van der Waals surface area contributed by atoms with Crippen LogP contribution in [-0.2, 0) is 22.6 Å². The number of benzene rings is 2. The van der Waals surface area contributed by atoms with E-state index in [2.05, 4.69) is 4.98 Å². The fourth-order valence-corrected chi connectivity index (χ4v) is 4.12. The highest BCUT2D eigenvalue weighted by molar-refractivity contribution is 7.99. The van der Waals surface area contributed by atoms with Crippen LogP contribution in [0.1, 0.15) is 12.0 Å². The minimum atomic E-state index is -0.753. The minimum absolute atomic E-state index is 0.0297. The molecule has 0 aliphatic rings. The zero-order valence-corrected chi connectivity index (χ0v) is 18.9. The molecule has 0 saturated heterocycles. The first kappa shape index (κ1) is 24.3. The normalized spacial score (nSPS) is 10.8. The number of aromatic amines is 1. The van der Waals surface area contributed by atoms with Crippen molar-refractivity contribution in [1.29, 1.82) is 0 Å². The van der Waals surface area contributed by atoms with Crippen molar-refractivity contribution in [2.75, 3.05) is 30.1 Å². The van der Waals surface area contributed by atoms with Crippen LogP contribution in [0.5, 0.6) is 0 Å². The van der Waals surface area contributed by atoms with Gasteiger partial charge in [0.25, 0.3) is 5.56 Å². The first-order valence-electron chi connectivity index (χ1n) is 10.3. The van der Waals surface area contributed by atoms with Crippen LogP contribution in [-0.4, -0.2) is 34.9 Å². The van der Waals surface area contributed by atoms with Gasteiger partial charge in [-0.2, -0.15) is 0 Å². The van der Waals surface area contributed by atoms with Crippen molar-refractivity contribution in [2.45, 2.75) is 24.4 Å². The quantitative estimate of drug-likeness (QED) is 0.439. The van der Waals surface area contributed by atoms with Gasteiger partial charge in [-0.3, -0.25) is 19.1 Å². The first-order chi connectivity index (χ1) is 15.9. The number of aromatic nitrogens is 2. The van der Waals surface area contributed by atoms with Crippen molar-refractivity contribution >= 4 is 29.2 Å². The molecule has 2 aromatic carbocycles. The second-order valence-corrected chi connectivity index (χ2v) is 8.27. The molecule has 1 aromatic heterocycles. The summed E-state index contributed by atoms with van der Waals surface area (Å²) in [6, 6.07) is 15.4. The number of hydrogen-bond acceptors (Lipinski definition) is 6. The van der Waals surface area contributed by atoms with E-state index >= 15 is 0 Å². The number of ether oxygens (including phenoxy) is 1. The summed E-state index contributed by atoms with van der Waals surface area (Å²) < 4.78 is 20.1. The number of carbonyl (C=O) groups excluding carboxylic acids is 1. The fourth-order valence-electron chi connectivity index (χ4n) is 3.25. The van der Waals surface area contributed by atoms with Gasteiger partial charge in [0.1, 0.15) is 11.6 Å². The minimum Gasteiger partial charge on any atom is -0.383 e. The molecule has 0 aliphatic heterocycles. The van der Waals surface area contributed by atoms with Crippen LogP contribution in [0.25, 0.3) is 0 Å². The number of nitrogen functional groups attached to an aromatic ring is 1. The van der Waals surface area contributed by atoms with Crippen LogP contribution in [0.15, 0.2) is 69.1 Å². The maximum atomic E-state index is 13.9. The van der Waals surface area contributed by atoms with E-state index in [-0.39, 0.29) is 49.3 Å². The summed E-state index contributed by atoms with van der Waals surface area (Å²) in [5.41, 5.74) is 5.44. The Bertz CT molecular complexity index is 1210. The smallest absolute Gasteiger partial charge is 0.330 e. The second-order valence-electron chi connectivity index (χ2n) is 7.13. The predicted molar refractivity (Wildman–Crippen MR) is 127 cm³/mol. The number of methoxy groups -OCH3 is 1. The maximum absolute atomic E-state index is 13.9. The lowest BCUT2D eigenvalue weighted by atomic mass is 10.2. The van der Waals surface area contributed by atoms with Gasteiger partial charge < -0.3 is 15.4 Å². The number of anilines is 2. The molecule has 8 nitrogen and oxygen atoms in total. The van der Waals surface area contributed by atoms with E-state index in [1.165, 1.54) is 34.4 Å². The Morgan fingerprint density at radius 3 is 2.55 bits per heavy atom. The first-order valence-corrected chi connectivity index (χ1v) is 11.2. The third kappa shape index (κ3) is 6.11. The van der Waals surface area contributed by atoms with E-state index in [0.29, 0.717) is 10.6 Å². The molecule has 33 heavy (non-hydrogen) atoms. The number of H-pyrrole nitrogens is 1. The Hall–Kier alpha value is -3.37. The van der Waals surface area contributed by atoms with Crippen molar-refractivity contribution in [3.05, 3.63) is 86.8 Å². The van der Waals surface area contributed by atoms with E-state index in [4.69, 9.17) is 10.5 Å². The second kappa shape index (κ2) is 11.5. The molecule has 174 valence electrons. The number of halogens is 1. The molecule has 0 radical (unpaired) electrons. The number of nitrogens with one attached hydrogen (secondary N) is 1. The summed E-state index contributed by atoms with van der Waals surface area (Å²) in [7, 11) is 1.48. The summed E-state index contributed by atoms with van der Waals surface area (Å²) in [6.45, 7) is 0.392. The van der Waals surface area contributed by atoms with E-state index in [1.54, 1.807) is 18.2 Å². The van der Waals surface area contributed by atoms with Gasteiger partial charge in [-0.1, -0.05) is 42.5 Å². The molecule has 1 amide bonds. The Kier molecular flexibility index (Phi) is 8.45. The van der Waals surface area contributed by atoms with Gasteiger partial charge in [-0.05, 0) is 17.7 Å². The number of rotatable bonds is 10. The molecule has 1 heterocycles. The van der Waals surface area contributed by atoms with Crippen molar-refractivity contribution in [3.63, 3.8) is 0 Å². The summed E-state index contributed by atoms with van der Waals surface area (Å²) in [5, 5.41) is 0. The van der Waals surface area contributed by atoms with E-state index in [0.717, 1.165) is 5.56 Å². The van der Waals surface area contributed by atoms with Crippen LogP contribution < -0.4 is 21.9 Å². The molecule has 3 aromatic rings. The molecule has 3 rings (SSSR count). The molecule has 0 spiro atoms. The van der Waals surface area contributed by atoms with Crippen molar-refractivity contribution in [3.8, 4) is 0 Å². The fraction of sp³-hybridized carbons (Fsp3) is 0.261. The highest BCUT2D eigenvalue weighted by Crippen LogP contribution is 2.24. The number of nitrogens with two attached hydrogens (primary N) is 1. The Balaban J connectivity index is 1.91. The zero-order chi connectivity index (χ0) is 23.8. The third-order valence-corrected chi connectivity index (χ3v) is 5.95. The molecular weight excluding hydrogens is 447 g/mol. The topological polar surface area (TPSA) is 110 Å². The standard InChI is InChI=1S/C23H25FN4O4S/c1-32-13-12-27-21(25)20(22(30)26-23(27)31)28(15-16-7-3-2-4-8-16)19(29)11-14-33-18-10-6-5-9-17(18)24/h2-10H,11-15,25H2,1H3,(H,26,30,31). The van der Waals surface area contributed by atoms with Gasteiger partial charge in [-0.25, -0.2) is 9.18 Å². The molecule has 0 aliphatic carbocycles. The Labute approximate surface area is 194 Å². The van der Waals surface area contributed by atoms with Gasteiger partial charge in [0.2, 0.25) is 5.91 Å². The van der Waals surface area contributed by atoms with Crippen LogP contribution >= 0.6 is 11.8 Å². The molecule has 0 bridgehead atoms. The average molecular weight is 473 g/mol. The van der Waals surface area contributed by atoms with E-state index in [1.807, 2.05) is 30.3 Å². The van der Waals surface area contributed by atoms with Gasteiger partial charge in [-0.15, -0.1) is 11.8 Å². The maximum Gasteiger partial charge on any atom is 0.330 e. The largest absolute Gasteiger partial charge is 0.383 e. The summed E-state index contributed by atoms with van der Waals surface area (Å²) >= 11 is 1.21. The van der Waals surface area contributed by atoms with Crippen molar-refractivity contribution in [2.24, 2.45) is 0 Å². The molecule has 0 fully saturated rings. The number of nitrogens with zero attached hydrogens (tertiary/aromatic N) is 2.